The summed E-state index contributed by atoms with van der Waals surface area (Å²) in [6.07, 6.45) is 9.77. The first-order chi connectivity index (χ1) is 27.6. The van der Waals surface area contributed by atoms with E-state index in [1.807, 2.05) is 35.2 Å². The Hall–Kier alpha value is -4.95. The lowest BCUT2D eigenvalue weighted by Gasteiger charge is -2.38. The van der Waals surface area contributed by atoms with Crippen LogP contribution in [0, 0.1) is 11.8 Å². The normalized spacial score (nSPS) is 22.2. The van der Waals surface area contributed by atoms with E-state index in [2.05, 4.69) is 58.5 Å². The Morgan fingerprint density at radius 3 is 2.44 bits per heavy atom. The molecule has 5 aromatic rings. The van der Waals surface area contributed by atoms with E-state index in [0.29, 0.717) is 35.6 Å². The zero-order valence-electron chi connectivity index (χ0n) is 32.1. The smallest absolute Gasteiger partial charge is 0.371 e. The van der Waals surface area contributed by atoms with Crippen LogP contribution in [0.25, 0.3) is 32.9 Å². The second kappa shape index (κ2) is 15.8. The number of carbonyl (C=O) groups is 2. The number of hydrogen-bond acceptors (Lipinski definition) is 8. The van der Waals surface area contributed by atoms with Gasteiger partial charge in [0, 0.05) is 97.5 Å². The van der Waals surface area contributed by atoms with Crippen LogP contribution in [0.4, 0.5) is 24.8 Å². The first-order valence-electron chi connectivity index (χ1n) is 20.5. The van der Waals surface area contributed by atoms with Gasteiger partial charge in [0.2, 0.25) is 17.8 Å². The molecular weight excluding hydrogens is 732 g/mol. The van der Waals surface area contributed by atoms with Crippen molar-refractivity contribution in [1.29, 1.82) is 0 Å². The molecule has 0 spiro atoms. The first kappa shape index (κ1) is 37.6. The maximum absolute atomic E-state index is 14.0. The summed E-state index contributed by atoms with van der Waals surface area (Å²) < 4.78 is 44.0. The highest BCUT2D eigenvalue weighted by Crippen LogP contribution is 2.39. The van der Waals surface area contributed by atoms with Crippen LogP contribution < -0.4 is 15.5 Å². The topological polar surface area (TPSA) is 114 Å². The van der Waals surface area contributed by atoms with Gasteiger partial charge in [0.1, 0.15) is 11.6 Å². The van der Waals surface area contributed by atoms with E-state index in [1.54, 1.807) is 12.3 Å². The number of carbonyl (C=O) groups excluding carboxylic acids is 2. The summed E-state index contributed by atoms with van der Waals surface area (Å²) in [5.74, 6) is 1.23. The fourth-order valence-electron chi connectivity index (χ4n) is 9.52. The van der Waals surface area contributed by atoms with Crippen molar-refractivity contribution >= 4 is 45.1 Å². The van der Waals surface area contributed by atoms with E-state index in [-0.39, 0.29) is 35.5 Å². The molecule has 0 saturated carbocycles. The minimum atomic E-state index is -4.57. The SMILES string of the molecule is O=C1CCC(n2cc3ccc(N4CCC(CN5CCC(CCN6CC[C@@H](Nc7ncc(C(F)(F)F)c(-c8c[nH]c9ccccc89)n7)C6)CC5)CC4)cc3c2)C(=O)N1. The van der Waals surface area contributed by atoms with Crippen LogP contribution in [-0.4, -0.2) is 99.5 Å². The van der Waals surface area contributed by atoms with E-state index in [0.717, 1.165) is 74.7 Å². The third-order valence-electron chi connectivity index (χ3n) is 12.8. The summed E-state index contributed by atoms with van der Waals surface area (Å²) >= 11 is 0. The molecule has 4 aliphatic heterocycles. The van der Waals surface area contributed by atoms with Crippen molar-refractivity contribution in [3.63, 3.8) is 0 Å². The first-order valence-corrected chi connectivity index (χ1v) is 20.5. The monoisotopic (exact) mass is 781 g/mol. The number of nitrogens with one attached hydrogen (secondary N) is 3. The van der Waals surface area contributed by atoms with Crippen LogP contribution in [0.3, 0.4) is 0 Å². The standard InChI is InChI=1S/C43H50F3N9O2/c44-43(45,46)36-23-48-42(51-40(36)35-22-47-37-4-2-1-3-34(35)37)49-32-14-18-53(27-32)17-11-28-9-15-52(16-10-28)24-29-12-19-54(20-13-29)33-6-5-30-25-55(26-31(30)21-33)38-7-8-39(56)50-41(38)57/h1-6,21-23,25-26,28-29,32,38,47H,7-20,24,27H2,(H,48,49,51)(H,50,56,57)/t32-,38?/m1/s1. The van der Waals surface area contributed by atoms with E-state index in [4.69, 9.17) is 0 Å². The van der Waals surface area contributed by atoms with Crippen molar-refractivity contribution < 1.29 is 22.8 Å². The number of amides is 2. The van der Waals surface area contributed by atoms with Gasteiger partial charge in [-0.15, -0.1) is 0 Å². The van der Waals surface area contributed by atoms with Crippen LogP contribution in [0.2, 0.25) is 0 Å². The molecule has 0 bridgehead atoms. The Bertz CT molecular complexity index is 2240. The predicted molar refractivity (Wildman–Crippen MR) is 215 cm³/mol. The Labute approximate surface area is 330 Å². The van der Waals surface area contributed by atoms with Crippen LogP contribution in [0.5, 0.6) is 0 Å². The van der Waals surface area contributed by atoms with Gasteiger partial charge in [-0.1, -0.05) is 24.3 Å². The Kier molecular flexibility index (Phi) is 10.4. The minimum absolute atomic E-state index is 0.0840. The molecule has 3 aromatic heterocycles. The van der Waals surface area contributed by atoms with Gasteiger partial charge in [0.25, 0.3) is 0 Å². The molecule has 3 N–H and O–H groups in total. The largest absolute Gasteiger partial charge is 0.419 e. The number of aromatic amines is 1. The summed E-state index contributed by atoms with van der Waals surface area (Å²) in [4.78, 5) is 43.2. The number of halogens is 3. The molecule has 57 heavy (non-hydrogen) atoms. The number of hydrogen-bond donors (Lipinski definition) is 3. The number of benzene rings is 2. The zero-order valence-corrected chi connectivity index (χ0v) is 32.1. The lowest BCUT2D eigenvalue weighted by atomic mass is 9.91. The number of nitrogens with zero attached hydrogens (tertiary/aromatic N) is 6. The number of likely N-dealkylation sites (tertiary alicyclic amines) is 2. The predicted octanol–water partition coefficient (Wildman–Crippen LogP) is 7.08. The fourth-order valence-corrected chi connectivity index (χ4v) is 9.52. The Morgan fingerprint density at radius 1 is 0.860 bits per heavy atom. The van der Waals surface area contributed by atoms with Crippen LogP contribution >= 0.6 is 0 Å². The van der Waals surface area contributed by atoms with Gasteiger partial charge < -0.3 is 29.6 Å². The number of rotatable bonds is 10. The van der Waals surface area contributed by atoms with Gasteiger partial charge >= 0.3 is 6.18 Å². The number of imide groups is 1. The highest BCUT2D eigenvalue weighted by molar-refractivity contribution is 6.00. The fraction of sp³-hybridized carbons (Fsp3) is 0.488. The number of alkyl halides is 3. The van der Waals surface area contributed by atoms with Gasteiger partial charge in [-0.2, -0.15) is 13.2 Å². The highest BCUT2D eigenvalue weighted by Gasteiger charge is 2.37. The number of para-hydroxylation sites is 1. The van der Waals surface area contributed by atoms with Crippen molar-refractivity contribution in [3.8, 4) is 11.3 Å². The van der Waals surface area contributed by atoms with Gasteiger partial charge in [-0.25, -0.2) is 9.97 Å². The highest BCUT2D eigenvalue weighted by atomic mass is 19.4. The van der Waals surface area contributed by atoms with E-state index in [1.165, 1.54) is 44.3 Å². The number of aromatic nitrogens is 4. The van der Waals surface area contributed by atoms with Crippen molar-refractivity contribution in [2.24, 2.45) is 11.8 Å². The number of piperidine rings is 3. The molecule has 2 aromatic carbocycles. The van der Waals surface area contributed by atoms with E-state index >= 15 is 0 Å². The molecule has 1 unspecified atom stereocenters. The van der Waals surface area contributed by atoms with Gasteiger partial charge in [-0.05, 0) is 100 Å². The third kappa shape index (κ3) is 8.25. The average Bonchev–Trinajstić information content (AvgIpc) is 3.96. The number of H-pyrrole nitrogens is 1. The Morgan fingerprint density at radius 2 is 1.63 bits per heavy atom. The summed E-state index contributed by atoms with van der Waals surface area (Å²) in [6, 6.07) is 13.6. The molecule has 2 amide bonds. The second-order valence-corrected chi connectivity index (χ2v) is 16.6. The van der Waals surface area contributed by atoms with Gasteiger partial charge in [0.05, 0.1) is 5.69 Å². The maximum Gasteiger partial charge on any atom is 0.419 e. The number of anilines is 2. The van der Waals surface area contributed by atoms with Gasteiger partial charge in [0.15, 0.2) is 0 Å². The van der Waals surface area contributed by atoms with E-state index in [9.17, 15) is 22.8 Å². The van der Waals surface area contributed by atoms with Crippen molar-refractivity contribution in [2.75, 3.05) is 62.6 Å². The van der Waals surface area contributed by atoms with Crippen molar-refractivity contribution in [3.05, 3.63) is 72.8 Å². The third-order valence-corrected chi connectivity index (χ3v) is 12.8. The summed E-state index contributed by atoms with van der Waals surface area (Å²) in [5.41, 5.74) is 1.46. The molecule has 4 fully saturated rings. The molecular formula is C43H50F3N9O2. The summed E-state index contributed by atoms with van der Waals surface area (Å²) in [6.45, 7) is 8.37. The van der Waals surface area contributed by atoms with Gasteiger partial charge in [-0.3, -0.25) is 14.9 Å². The molecule has 4 aliphatic rings. The molecule has 11 nitrogen and oxygen atoms in total. The van der Waals surface area contributed by atoms with E-state index < -0.39 is 11.7 Å². The van der Waals surface area contributed by atoms with Crippen LogP contribution in [0.15, 0.2) is 67.3 Å². The molecule has 2 atom stereocenters. The zero-order chi connectivity index (χ0) is 39.1. The summed E-state index contributed by atoms with van der Waals surface area (Å²) in [7, 11) is 0. The quantitative estimate of drug-likeness (QED) is 0.129. The molecule has 4 saturated heterocycles. The summed E-state index contributed by atoms with van der Waals surface area (Å²) in [5, 5.41) is 8.73. The Balaban J connectivity index is 0.708. The molecule has 0 radical (unpaired) electrons. The lowest BCUT2D eigenvalue weighted by molar-refractivity contribution is -0.138. The maximum atomic E-state index is 14.0. The van der Waals surface area contributed by atoms with Crippen LogP contribution in [0.1, 0.15) is 63.0 Å². The minimum Gasteiger partial charge on any atom is -0.371 e. The lowest BCUT2D eigenvalue weighted by Crippen LogP contribution is -2.42. The van der Waals surface area contributed by atoms with Crippen molar-refractivity contribution in [1.82, 2.24) is 34.6 Å². The average molecular weight is 782 g/mol. The van der Waals surface area contributed by atoms with Crippen LogP contribution in [-0.2, 0) is 15.8 Å². The second-order valence-electron chi connectivity index (χ2n) is 16.6. The number of fused-ring (bicyclic) bond motifs is 2. The molecule has 7 heterocycles. The molecule has 14 heteroatoms. The molecule has 9 rings (SSSR count). The van der Waals surface area contributed by atoms with Crippen molar-refractivity contribution in [2.45, 2.75) is 69.6 Å². The molecule has 0 aliphatic carbocycles. The molecule has 300 valence electrons.